The minimum atomic E-state index is -0.460. The van der Waals surface area contributed by atoms with Crippen molar-refractivity contribution >= 4 is 43.5 Å². The average molecular weight is 389 g/mol. The van der Waals surface area contributed by atoms with Crippen LogP contribution >= 0.6 is 43.5 Å². The van der Waals surface area contributed by atoms with Gasteiger partial charge in [0.25, 0.3) is 0 Å². The summed E-state index contributed by atoms with van der Waals surface area (Å²) < 4.78 is 19.4. The summed E-state index contributed by atoms with van der Waals surface area (Å²) in [6, 6.07) is 2.82. The molecule has 0 radical (unpaired) electrons. The van der Waals surface area contributed by atoms with Crippen LogP contribution in [0.4, 0.5) is 4.39 Å². The third kappa shape index (κ3) is 5.14. The summed E-state index contributed by atoms with van der Waals surface area (Å²) in [4.78, 5) is 0. The molecule has 0 amide bonds. The monoisotopic (exact) mass is 386 g/mol. The van der Waals surface area contributed by atoms with Gasteiger partial charge in [-0.3, -0.25) is 0 Å². The minimum Gasteiger partial charge on any atom is -0.492 e. The normalized spacial score (nSPS) is 12.5. The fourth-order valence-electron chi connectivity index (χ4n) is 1.32. The van der Waals surface area contributed by atoms with E-state index in [1.807, 2.05) is 0 Å². The first-order valence-corrected chi connectivity index (χ1v) is 7.67. The number of benzene rings is 1. The van der Waals surface area contributed by atoms with Crippen LogP contribution in [0.3, 0.4) is 0 Å². The Morgan fingerprint density at radius 3 is 2.76 bits per heavy atom. The largest absolute Gasteiger partial charge is 0.492 e. The molecule has 0 saturated heterocycles. The molecule has 1 aromatic carbocycles. The van der Waals surface area contributed by atoms with E-state index >= 15 is 0 Å². The molecule has 0 spiro atoms. The van der Waals surface area contributed by atoms with E-state index in [9.17, 15) is 4.39 Å². The van der Waals surface area contributed by atoms with Crippen LogP contribution in [0.5, 0.6) is 5.75 Å². The molecule has 0 aromatic heterocycles. The van der Waals surface area contributed by atoms with Crippen molar-refractivity contribution in [2.45, 2.75) is 19.8 Å². The van der Waals surface area contributed by atoms with Gasteiger partial charge in [0.05, 0.1) is 16.1 Å². The van der Waals surface area contributed by atoms with Crippen LogP contribution in [-0.2, 0) is 0 Å². The molecule has 1 aromatic rings. The minimum absolute atomic E-state index is 0.0943. The van der Waals surface area contributed by atoms with E-state index in [-0.39, 0.29) is 5.02 Å². The molecule has 0 heterocycles. The Bertz CT molecular complexity index is 374. The summed E-state index contributed by atoms with van der Waals surface area (Å²) in [6.45, 7) is 2.75. The molecule has 1 rings (SSSR count). The molecule has 1 unspecified atom stereocenters. The van der Waals surface area contributed by atoms with Crippen LogP contribution in [-0.4, -0.2) is 11.9 Å². The average Bonchev–Trinajstić information content (AvgIpc) is 2.26. The van der Waals surface area contributed by atoms with Crippen LogP contribution < -0.4 is 4.74 Å². The summed E-state index contributed by atoms with van der Waals surface area (Å²) in [5.41, 5.74) is 0. The molecule has 0 aliphatic rings. The number of halogens is 4. The van der Waals surface area contributed by atoms with Crippen LogP contribution in [0.2, 0.25) is 5.02 Å². The number of alkyl halides is 1. The first-order chi connectivity index (χ1) is 8.04. The summed E-state index contributed by atoms with van der Waals surface area (Å²) in [7, 11) is 0. The molecule has 0 aliphatic heterocycles. The Balaban J connectivity index is 2.49. The van der Waals surface area contributed by atoms with Crippen molar-refractivity contribution in [3.8, 4) is 5.75 Å². The maximum atomic E-state index is 13.2. The van der Waals surface area contributed by atoms with Gasteiger partial charge >= 0.3 is 0 Å². The molecule has 0 aliphatic carbocycles. The highest BCUT2D eigenvalue weighted by molar-refractivity contribution is 9.10. The molecule has 1 nitrogen and oxygen atoms in total. The zero-order valence-electron chi connectivity index (χ0n) is 9.48. The standard InChI is InChI=1S/C12H14Br2ClFO/c1-8(2-4-13)3-5-17-12-7-11(16)10(15)6-9(12)14/h6-8H,2-5H2,1H3. The Kier molecular flexibility index (Phi) is 6.82. The maximum Gasteiger partial charge on any atom is 0.145 e. The van der Waals surface area contributed by atoms with Crippen molar-refractivity contribution in [3.63, 3.8) is 0 Å². The van der Waals surface area contributed by atoms with Crippen LogP contribution in [0.25, 0.3) is 0 Å². The highest BCUT2D eigenvalue weighted by Crippen LogP contribution is 2.30. The van der Waals surface area contributed by atoms with Crippen LogP contribution in [0, 0.1) is 11.7 Å². The molecule has 0 N–H and O–H groups in total. The molecular formula is C12H14Br2ClFO. The van der Waals surface area contributed by atoms with E-state index < -0.39 is 5.82 Å². The van der Waals surface area contributed by atoms with Crippen molar-refractivity contribution in [1.29, 1.82) is 0 Å². The van der Waals surface area contributed by atoms with E-state index in [2.05, 4.69) is 38.8 Å². The third-order valence-electron chi connectivity index (χ3n) is 2.44. The predicted molar refractivity (Wildman–Crippen MR) is 76.8 cm³/mol. The van der Waals surface area contributed by atoms with Crippen molar-refractivity contribution in [2.75, 3.05) is 11.9 Å². The van der Waals surface area contributed by atoms with Crippen molar-refractivity contribution in [1.82, 2.24) is 0 Å². The molecule has 1 atom stereocenters. The quantitative estimate of drug-likeness (QED) is 0.466. The Labute approximate surface area is 123 Å². The van der Waals surface area contributed by atoms with Gasteiger partial charge in [0.15, 0.2) is 0 Å². The van der Waals surface area contributed by atoms with Crippen molar-refractivity contribution in [3.05, 3.63) is 27.4 Å². The summed E-state index contributed by atoms with van der Waals surface area (Å²) in [5, 5.41) is 1.09. The van der Waals surface area contributed by atoms with Crippen molar-refractivity contribution < 1.29 is 9.13 Å². The Morgan fingerprint density at radius 2 is 2.12 bits per heavy atom. The highest BCUT2D eigenvalue weighted by Gasteiger charge is 2.08. The SMILES string of the molecule is CC(CCBr)CCOc1cc(F)c(Cl)cc1Br. The zero-order valence-corrected chi connectivity index (χ0v) is 13.4. The first-order valence-electron chi connectivity index (χ1n) is 5.38. The van der Waals surface area contributed by atoms with Gasteiger partial charge in [-0.15, -0.1) is 0 Å². The van der Waals surface area contributed by atoms with E-state index in [1.165, 1.54) is 12.1 Å². The van der Waals surface area contributed by atoms with Crippen LogP contribution in [0.1, 0.15) is 19.8 Å². The summed E-state index contributed by atoms with van der Waals surface area (Å²) in [6.07, 6.45) is 2.06. The van der Waals surface area contributed by atoms with Gasteiger partial charge in [0, 0.05) is 11.4 Å². The van der Waals surface area contributed by atoms with Gasteiger partial charge < -0.3 is 4.74 Å². The van der Waals surface area contributed by atoms with Gasteiger partial charge in [-0.25, -0.2) is 4.39 Å². The lowest BCUT2D eigenvalue weighted by Crippen LogP contribution is -2.05. The zero-order chi connectivity index (χ0) is 12.8. The second-order valence-electron chi connectivity index (χ2n) is 3.92. The Hall–Kier alpha value is 0.200. The maximum absolute atomic E-state index is 13.2. The molecule has 96 valence electrons. The van der Waals surface area contributed by atoms with E-state index in [0.717, 1.165) is 18.2 Å². The number of rotatable bonds is 6. The van der Waals surface area contributed by atoms with Gasteiger partial charge in [0.1, 0.15) is 11.6 Å². The highest BCUT2D eigenvalue weighted by atomic mass is 79.9. The second-order valence-corrected chi connectivity index (χ2v) is 5.97. The molecule has 0 bridgehead atoms. The van der Waals surface area contributed by atoms with E-state index in [0.29, 0.717) is 22.7 Å². The fraction of sp³-hybridized carbons (Fsp3) is 0.500. The molecule has 0 saturated carbocycles. The molecule has 5 heteroatoms. The smallest absolute Gasteiger partial charge is 0.145 e. The van der Waals surface area contributed by atoms with Crippen LogP contribution in [0.15, 0.2) is 16.6 Å². The topological polar surface area (TPSA) is 9.23 Å². The summed E-state index contributed by atoms with van der Waals surface area (Å²) in [5.74, 6) is 0.626. The van der Waals surface area contributed by atoms with E-state index in [4.69, 9.17) is 16.3 Å². The van der Waals surface area contributed by atoms with E-state index in [1.54, 1.807) is 0 Å². The lowest BCUT2D eigenvalue weighted by molar-refractivity contribution is 0.279. The predicted octanol–water partition coefficient (Wildman–Crippen LogP) is 5.43. The fourth-order valence-corrected chi connectivity index (χ4v) is 2.85. The molecular weight excluding hydrogens is 374 g/mol. The molecule has 17 heavy (non-hydrogen) atoms. The Morgan fingerprint density at radius 1 is 1.41 bits per heavy atom. The number of hydrogen-bond acceptors (Lipinski definition) is 1. The van der Waals surface area contributed by atoms with Gasteiger partial charge in [-0.05, 0) is 40.8 Å². The lowest BCUT2D eigenvalue weighted by atomic mass is 10.1. The third-order valence-corrected chi connectivity index (χ3v) is 3.81. The van der Waals surface area contributed by atoms with Crippen molar-refractivity contribution in [2.24, 2.45) is 5.92 Å². The lowest BCUT2D eigenvalue weighted by Gasteiger charge is -2.12. The van der Waals surface area contributed by atoms with Gasteiger partial charge in [0.2, 0.25) is 0 Å². The molecule has 0 fully saturated rings. The second kappa shape index (κ2) is 7.59. The van der Waals surface area contributed by atoms with Gasteiger partial charge in [-0.2, -0.15) is 0 Å². The van der Waals surface area contributed by atoms with Gasteiger partial charge in [-0.1, -0.05) is 34.5 Å². The summed E-state index contributed by atoms with van der Waals surface area (Å²) >= 11 is 12.3. The first kappa shape index (κ1) is 15.3. The number of ether oxygens (including phenoxy) is 1. The number of hydrogen-bond donors (Lipinski definition) is 0.